The number of aryl methyl sites for hydroxylation is 3. The van der Waals surface area contributed by atoms with Crippen LogP contribution >= 0.6 is 0 Å². The number of hydrogen-bond donors (Lipinski definition) is 1. The van der Waals surface area contributed by atoms with E-state index in [-0.39, 0.29) is 6.04 Å². The van der Waals surface area contributed by atoms with Crippen LogP contribution in [0.25, 0.3) is 0 Å². The van der Waals surface area contributed by atoms with Gasteiger partial charge in [-0.3, -0.25) is 0 Å². The number of nitrogens with one attached hydrogen (secondary N) is 1. The Bertz CT molecular complexity index is 608. The molecule has 2 rings (SSSR count). The van der Waals surface area contributed by atoms with E-state index < -0.39 is 0 Å². The summed E-state index contributed by atoms with van der Waals surface area (Å²) in [5, 5.41) is 11.9. The number of methoxy groups -OCH3 is 1. The molecule has 1 aromatic carbocycles. The van der Waals surface area contributed by atoms with Crippen molar-refractivity contribution in [3.63, 3.8) is 0 Å². The van der Waals surface area contributed by atoms with Crippen LogP contribution in [0, 0.1) is 20.8 Å². The summed E-state index contributed by atoms with van der Waals surface area (Å²) in [4.78, 5) is 0. The Labute approximate surface area is 126 Å². The molecule has 1 atom stereocenters. The van der Waals surface area contributed by atoms with Crippen molar-refractivity contribution in [1.29, 1.82) is 0 Å². The van der Waals surface area contributed by atoms with Gasteiger partial charge in [0.25, 0.3) is 0 Å². The van der Waals surface area contributed by atoms with Crippen LogP contribution in [0.1, 0.15) is 40.9 Å². The molecule has 1 aromatic heterocycles. The molecule has 21 heavy (non-hydrogen) atoms. The van der Waals surface area contributed by atoms with Gasteiger partial charge in [0, 0.05) is 6.07 Å². The highest BCUT2D eigenvalue weighted by Crippen LogP contribution is 2.26. The summed E-state index contributed by atoms with van der Waals surface area (Å²) in [7, 11) is 1.60. The number of benzene rings is 1. The lowest BCUT2D eigenvalue weighted by Crippen LogP contribution is -2.24. The zero-order valence-electron chi connectivity index (χ0n) is 13.4. The highest BCUT2D eigenvalue weighted by Gasteiger charge is 2.18. The molecule has 4 heteroatoms. The fraction of sp³-hybridized carbons (Fsp3) is 0.412. The number of aromatic nitrogens is 2. The molecule has 0 radical (unpaired) electrons. The van der Waals surface area contributed by atoms with Crippen LogP contribution in [-0.4, -0.2) is 23.9 Å². The van der Waals surface area contributed by atoms with Crippen molar-refractivity contribution in [1.82, 2.24) is 15.5 Å². The van der Waals surface area contributed by atoms with Gasteiger partial charge in [-0.2, -0.15) is 0 Å². The lowest BCUT2D eigenvalue weighted by atomic mass is 9.94. The van der Waals surface area contributed by atoms with Gasteiger partial charge in [-0.1, -0.05) is 19.1 Å². The first kappa shape index (κ1) is 15.4. The summed E-state index contributed by atoms with van der Waals surface area (Å²) in [6.07, 6.45) is 0. The Morgan fingerprint density at radius 1 is 1.05 bits per heavy atom. The smallest absolute Gasteiger partial charge is 0.233 e. The third kappa shape index (κ3) is 3.39. The molecule has 112 valence electrons. The SMILES string of the molecule is CCNC(c1ccc(OC)nn1)c1cc(C)c(C)cc1C. The van der Waals surface area contributed by atoms with E-state index >= 15 is 0 Å². The second-order valence-electron chi connectivity index (χ2n) is 5.28. The summed E-state index contributed by atoms with van der Waals surface area (Å²) >= 11 is 0. The van der Waals surface area contributed by atoms with Gasteiger partial charge in [0.2, 0.25) is 5.88 Å². The van der Waals surface area contributed by atoms with Gasteiger partial charge in [-0.15, -0.1) is 10.2 Å². The standard InChI is InChI=1S/C17H23N3O/c1-6-18-17(15-7-8-16(21-5)20-19-15)14-10-12(3)11(2)9-13(14)4/h7-10,17-18H,6H2,1-5H3. The van der Waals surface area contributed by atoms with Crippen molar-refractivity contribution >= 4 is 0 Å². The van der Waals surface area contributed by atoms with Crippen molar-refractivity contribution in [2.45, 2.75) is 33.7 Å². The van der Waals surface area contributed by atoms with Crippen LogP contribution in [0.5, 0.6) is 5.88 Å². The van der Waals surface area contributed by atoms with Gasteiger partial charge in [0.05, 0.1) is 18.8 Å². The zero-order valence-corrected chi connectivity index (χ0v) is 13.4. The minimum Gasteiger partial charge on any atom is -0.480 e. The molecular formula is C17H23N3O. The van der Waals surface area contributed by atoms with Gasteiger partial charge < -0.3 is 10.1 Å². The highest BCUT2D eigenvalue weighted by molar-refractivity contribution is 5.41. The molecule has 1 N–H and O–H groups in total. The van der Waals surface area contributed by atoms with Crippen molar-refractivity contribution in [2.24, 2.45) is 0 Å². The van der Waals surface area contributed by atoms with Crippen LogP contribution in [0.4, 0.5) is 0 Å². The van der Waals surface area contributed by atoms with E-state index in [0.29, 0.717) is 5.88 Å². The zero-order chi connectivity index (χ0) is 15.4. The van der Waals surface area contributed by atoms with E-state index in [2.05, 4.69) is 55.3 Å². The molecule has 2 aromatic rings. The molecule has 0 aliphatic carbocycles. The predicted molar refractivity (Wildman–Crippen MR) is 84.8 cm³/mol. The summed E-state index contributed by atoms with van der Waals surface area (Å²) in [6.45, 7) is 9.39. The van der Waals surface area contributed by atoms with Crippen LogP contribution in [0.15, 0.2) is 24.3 Å². The lowest BCUT2D eigenvalue weighted by Gasteiger charge is -2.21. The van der Waals surface area contributed by atoms with Crippen molar-refractivity contribution in [3.8, 4) is 5.88 Å². The average Bonchev–Trinajstić information content (AvgIpc) is 2.49. The Balaban J connectivity index is 2.44. The van der Waals surface area contributed by atoms with Gasteiger partial charge in [-0.05, 0) is 55.6 Å². The maximum Gasteiger partial charge on any atom is 0.233 e. The fourth-order valence-electron chi connectivity index (χ4n) is 2.47. The van der Waals surface area contributed by atoms with Crippen LogP contribution < -0.4 is 10.1 Å². The normalized spacial score (nSPS) is 12.2. The Morgan fingerprint density at radius 2 is 1.76 bits per heavy atom. The van der Waals surface area contributed by atoms with Gasteiger partial charge in [-0.25, -0.2) is 0 Å². The monoisotopic (exact) mass is 285 g/mol. The van der Waals surface area contributed by atoms with Crippen LogP contribution in [-0.2, 0) is 0 Å². The number of rotatable bonds is 5. The minimum absolute atomic E-state index is 0.0488. The second kappa shape index (κ2) is 6.68. The predicted octanol–water partition coefficient (Wildman–Crippen LogP) is 3.11. The molecule has 0 aliphatic heterocycles. The quantitative estimate of drug-likeness (QED) is 0.917. The lowest BCUT2D eigenvalue weighted by molar-refractivity contribution is 0.390. The first-order chi connectivity index (χ1) is 10.1. The second-order valence-corrected chi connectivity index (χ2v) is 5.28. The first-order valence-electron chi connectivity index (χ1n) is 7.25. The molecular weight excluding hydrogens is 262 g/mol. The van der Waals surface area contributed by atoms with Gasteiger partial charge >= 0.3 is 0 Å². The molecule has 0 aliphatic rings. The summed E-state index contributed by atoms with van der Waals surface area (Å²) in [5.41, 5.74) is 6.03. The molecule has 1 unspecified atom stereocenters. The van der Waals surface area contributed by atoms with E-state index in [9.17, 15) is 0 Å². The topological polar surface area (TPSA) is 47.0 Å². The maximum atomic E-state index is 5.08. The van der Waals surface area contributed by atoms with Gasteiger partial charge in [0.1, 0.15) is 0 Å². The summed E-state index contributed by atoms with van der Waals surface area (Å²) < 4.78 is 5.08. The Morgan fingerprint density at radius 3 is 2.33 bits per heavy atom. The maximum absolute atomic E-state index is 5.08. The van der Waals surface area contributed by atoms with Gasteiger partial charge in [0.15, 0.2) is 0 Å². The largest absolute Gasteiger partial charge is 0.480 e. The van der Waals surface area contributed by atoms with E-state index in [1.165, 1.54) is 22.3 Å². The van der Waals surface area contributed by atoms with Crippen molar-refractivity contribution in [3.05, 3.63) is 52.2 Å². The molecule has 0 spiro atoms. The van der Waals surface area contributed by atoms with Crippen LogP contribution in [0.2, 0.25) is 0 Å². The molecule has 0 bridgehead atoms. The number of ether oxygens (including phenoxy) is 1. The minimum atomic E-state index is 0.0488. The number of hydrogen-bond acceptors (Lipinski definition) is 4. The molecule has 0 fully saturated rings. The Kier molecular flexibility index (Phi) is 4.91. The van der Waals surface area contributed by atoms with E-state index in [1.54, 1.807) is 7.11 Å². The van der Waals surface area contributed by atoms with Crippen molar-refractivity contribution < 1.29 is 4.74 Å². The number of nitrogens with zero attached hydrogens (tertiary/aromatic N) is 2. The fourth-order valence-corrected chi connectivity index (χ4v) is 2.47. The molecule has 1 heterocycles. The molecule has 0 saturated carbocycles. The first-order valence-corrected chi connectivity index (χ1v) is 7.25. The van der Waals surface area contributed by atoms with E-state index in [4.69, 9.17) is 4.74 Å². The molecule has 0 saturated heterocycles. The van der Waals surface area contributed by atoms with Crippen LogP contribution in [0.3, 0.4) is 0 Å². The summed E-state index contributed by atoms with van der Waals surface area (Å²) in [6, 6.07) is 8.33. The average molecular weight is 285 g/mol. The molecule has 0 amide bonds. The van der Waals surface area contributed by atoms with Crippen molar-refractivity contribution in [2.75, 3.05) is 13.7 Å². The third-order valence-electron chi connectivity index (χ3n) is 3.77. The molecule has 4 nitrogen and oxygen atoms in total. The van der Waals surface area contributed by atoms with E-state index in [1.807, 2.05) is 12.1 Å². The Hall–Kier alpha value is -1.94. The van der Waals surface area contributed by atoms with E-state index in [0.717, 1.165) is 12.2 Å². The highest BCUT2D eigenvalue weighted by atomic mass is 16.5. The third-order valence-corrected chi connectivity index (χ3v) is 3.77. The summed E-state index contributed by atoms with van der Waals surface area (Å²) in [5.74, 6) is 0.533.